The summed E-state index contributed by atoms with van der Waals surface area (Å²) in [4.78, 5) is 31.0. The molecule has 9 heteroatoms. The van der Waals surface area contributed by atoms with E-state index in [0.29, 0.717) is 45.8 Å². The summed E-state index contributed by atoms with van der Waals surface area (Å²) in [5.41, 5.74) is 1.88. The van der Waals surface area contributed by atoms with Crippen LogP contribution in [0.25, 0.3) is 6.08 Å². The van der Waals surface area contributed by atoms with Gasteiger partial charge < -0.3 is 4.74 Å². The van der Waals surface area contributed by atoms with Crippen LogP contribution in [0.2, 0.25) is 0 Å². The first-order valence-corrected chi connectivity index (χ1v) is 12.4. The summed E-state index contributed by atoms with van der Waals surface area (Å²) in [7, 11) is 0. The molecule has 0 aromatic heterocycles. The summed E-state index contributed by atoms with van der Waals surface area (Å²) in [5.74, 6) is 1.44. The van der Waals surface area contributed by atoms with Gasteiger partial charge in [0, 0.05) is 18.2 Å². The number of aliphatic imine (C=N–C) groups is 1. The van der Waals surface area contributed by atoms with E-state index in [2.05, 4.69) is 0 Å². The summed E-state index contributed by atoms with van der Waals surface area (Å²) in [6.07, 6.45) is 4.56. The summed E-state index contributed by atoms with van der Waals surface area (Å²) in [6.45, 7) is 4.67. The molecule has 1 saturated heterocycles. The minimum atomic E-state index is -0.410. The van der Waals surface area contributed by atoms with Crippen molar-refractivity contribution in [2.45, 2.75) is 20.3 Å². The van der Waals surface area contributed by atoms with Gasteiger partial charge in [-0.1, -0.05) is 24.3 Å². The van der Waals surface area contributed by atoms with Gasteiger partial charge >= 0.3 is 0 Å². The lowest BCUT2D eigenvalue weighted by atomic mass is 10.1. The number of amides is 1. The predicted octanol–water partition coefficient (Wildman–Crippen LogP) is 5.66. The molecule has 0 spiro atoms. The second kappa shape index (κ2) is 11.2. The number of aryl methyl sites for hydroxylation is 1. The first-order chi connectivity index (χ1) is 15.4. The average molecular weight is 472 g/mol. The van der Waals surface area contributed by atoms with Crippen molar-refractivity contribution in [3.05, 3.63) is 68.6 Å². The zero-order valence-corrected chi connectivity index (χ0v) is 19.9. The Bertz CT molecular complexity index is 1070. The molecule has 7 nitrogen and oxygen atoms in total. The third kappa shape index (κ3) is 5.72. The fourth-order valence-electron chi connectivity index (χ4n) is 3.15. The van der Waals surface area contributed by atoms with Crippen molar-refractivity contribution >= 4 is 52.0 Å². The Morgan fingerprint density at radius 1 is 1.28 bits per heavy atom. The first-order valence-electron chi connectivity index (χ1n) is 10.2. The predicted molar refractivity (Wildman–Crippen MR) is 133 cm³/mol. The van der Waals surface area contributed by atoms with Crippen molar-refractivity contribution < 1.29 is 14.5 Å². The number of ether oxygens (including phenoxy) is 1. The Kier molecular flexibility index (Phi) is 8.35. The molecule has 2 aromatic rings. The largest absolute Gasteiger partial charge is 0.492 e. The van der Waals surface area contributed by atoms with E-state index >= 15 is 0 Å². The Morgan fingerprint density at radius 3 is 2.78 bits per heavy atom. The molecule has 2 aromatic carbocycles. The van der Waals surface area contributed by atoms with Gasteiger partial charge in [0.2, 0.25) is 0 Å². The van der Waals surface area contributed by atoms with Gasteiger partial charge in [0.15, 0.2) is 5.17 Å². The molecule has 168 valence electrons. The van der Waals surface area contributed by atoms with Gasteiger partial charge in [-0.3, -0.25) is 19.8 Å². The zero-order chi connectivity index (χ0) is 23.1. The maximum Gasteiger partial charge on any atom is 0.272 e. The lowest BCUT2D eigenvalue weighted by Gasteiger charge is -2.15. The van der Waals surface area contributed by atoms with E-state index in [1.807, 2.05) is 37.4 Å². The van der Waals surface area contributed by atoms with Crippen LogP contribution >= 0.6 is 23.5 Å². The molecular weight excluding hydrogens is 446 g/mol. The number of carbonyl (C=O) groups excluding carboxylic acids is 1. The number of carbonyl (C=O) groups is 1. The van der Waals surface area contributed by atoms with Gasteiger partial charge in [-0.15, -0.1) is 0 Å². The second-order valence-corrected chi connectivity index (χ2v) is 9.01. The number of para-hydroxylation sites is 2. The number of benzene rings is 2. The third-order valence-corrected chi connectivity index (χ3v) is 6.43. The Balaban J connectivity index is 1.97. The Hall–Kier alpha value is -2.78. The Labute approximate surface area is 196 Å². The van der Waals surface area contributed by atoms with Gasteiger partial charge in [0.25, 0.3) is 11.6 Å². The number of rotatable bonds is 9. The highest BCUT2D eigenvalue weighted by Crippen LogP contribution is 2.37. The van der Waals surface area contributed by atoms with Crippen LogP contribution in [0.3, 0.4) is 0 Å². The number of nitro benzene ring substituents is 1. The normalized spacial score (nSPS) is 16.2. The SMILES string of the molecule is CCOc1ccccc1N=C1S/C(=C/c2ccc(C)c([N+](=O)[O-])c2)C(=O)N1CCCSC. The van der Waals surface area contributed by atoms with Gasteiger partial charge in [-0.05, 0) is 67.8 Å². The summed E-state index contributed by atoms with van der Waals surface area (Å²) >= 11 is 3.00. The first kappa shape index (κ1) is 23.9. The molecule has 0 aliphatic carbocycles. The molecule has 1 aliphatic heterocycles. The number of nitrogens with zero attached hydrogens (tertiary/aromatic N) is 3. The molecule has 1 amide bonds. The fourth-order valence-corrected chi connectivity index (χ4v) is 4.59. The van der Waals surface area contributed by atoms with Crippen molar-refractivity contribution in [2.75, 3.05) is 25.2 Å². The van der Waals surface area contributed by atoms with Crippen LogP contribution in [0.15, 0.2) is 52.4 Å². The maximum atomic E-state index is 13.2. The van der Waals surface area contributed by atoms with Crippen molar-refractivity contribution in [1.82, 2.24) is 4.90 Å². The summed E-state index contributed by atoms with van der Waals surface area (Å²) in [6, 6.07) is 12.4. The standard InChI is InChI=1S/C23H25N3O4S2/c1-4-30-20-9-6-5-8-18(20)24-23-25(12-7-13-31-3)22(27)21(32-23)15-17-11-10-16(2)19(14-17)26(28)29/h5-6,8-11,14-15H,4,7,12-13H2,1-3H3/b21-15+,24-23?. The van der Waals surface area contributed by atoms with E-state index in [4.69, 9.17) is 9.73 Å². The molecule has 0 unspecified atom stereocenters. The molecule has 0 saturated carbocycles. The van der Waals surface area contributed by atoms with Crippen molar-refractivity contribution in [3.63, 3.8) is 0 Å². The molecule has 32 heavy (non-hydrogen) atoms. The number of nitro groups is 1. The highest BCUT2D eigenvalue weighted by molar-refractivity contribution is 8.18. The van der Waals surface area contributed by atoms with Crippen LogP contribution in [0, 0.1) is 17.0 Å². The van der Waals surface area contributed by atoms with E-state index in [1.165, 1.54) is 17.8 Å². The number of thioether (sulfide) groups is 2. The molecular formula is C23H25N3O4S2. The lowest BCUT2D eigenvalue weighted by molar-refractivity contribution is -0.385. The molecule has 1 heterocycles. The van der Waals surface area contributed by atoms with Gasteiger partial charge in [0.05, 0.1) is 16.4 Å². The third-order valence-electron chi connectivity index (χ3n) is 4.73. The van der Waals surface area contributed by atoms with E-state index in [1.54, 1.807) is 41.8 Å². The lowest BCUT2D eigenvalue weighted by Crippen LogP contribution is -2.30. The van der Waals surface area contributed by atoms with E-state index in [9.17, 15) is 14.9 Å². The van der Waals surface area contributed by atoms with Crippen molar-refractivity contribution in [2.24, 2.45) is 4.99 Å². The van der Waals surface area contributed by atoms with Gasteiger partial charge in [0.1, 0.15) is 11.4 Å². The van der Waals surface area contributed by atoms with Crippen LogP contribution in [-0.4, -0.2) is 46.1 Å². The zero-order valence-electron chi connectivity index (χ0n) is 18.2. The van der Waals surface area contributed by atoms with Crippen molar-refractivity contribution in [1.29, 1.82) is 0 Å². The van der Waals surface area contributed by atoms with Crippen LogP contribution in [-0.2, 0) is 4.79 Å². The molecule has 0 bridgehead atoms. The number of hydrogen-bond acceptors (Lipinski definition) is 7. The number of amidine groups is 1. The minimum absolute atomic E-state index is 0.0335. The molecule has 3 rings (SSSR count). The molecule has 0 atom stereocenters. The van der Waals surface area contributed by atoms with Gasteiger partial charge in [-0.2, -0.15) is 11.8 Å². The van der Waals surface area contributed by atoms with Gasteiger partial charge in [-0.25, -0.2) is 4.99 Å². The number of hydrogen-bond donors (Lipinski definition) is 0. The van der Waals surface area contributed by atoms with Crippen LogP contribution < -0.4 is 4.74 Å². The average Bonchev–Trinajstić information content (AvgIpc) is 3.05. The quantitative estimate of drug-likeness (QED) is 0.203. The van der Waals surface area contributed by atoms with E-state index < -0.39 is 4.92 Å². The highest BCUT2D eigenvalue weighted by Gasteiger charge is 2.33. The van der Waals surface area contributed by atoms with Crippen LogP contribution in [0.4, 0.5) is 11.4 Å². The molecule has 1 fully saturated rings. The smallest absolute Gasteiger partial charge is 0.272 e. The van der Waals surface area contributed by atoms with Crippen LogP contribution in [0.5, 0.6) is 5.75 Å². The van der Waals surface area contributed by atoms with E-state index in [-0.39, 0.29) is 11.6 Å². The molecule has 0 radical (unpaired) electrons. The second-order valence-electron chi connectivity index (χ2n) is 7.01. The maximum absolute atomic E-state index is 13.2. The fraction of sp³-hybridized carbons (Fsp3) is 0.304. The van der Waals surface area contributed by atoms with E-state index in [0.717, 1.165) is 12.2 Å². The Morgan fingerprint density at radius 2 is 2.06 bits per heavy atom. The summed E-state index contributed by atoms with van der Waals surface area (Å²) in [5, 5.41) is 11.9. The highest BCUT2D eigenvalue weighted by atomic mass is 32.2. The van der Waals surface area contributed by atoms with Crippen molar-refractivity contribution in [3.8, 4) is 5.75 Å². The molecule has 0 N–H and O–H groups in total. The summed E-state index contributed by atoms with van der Waals surface area (Å²) < 4.78 is 5.68. The molecule has 1 aliphatic rings. The van der Waals surface area contributed by atoms with Crippen LogP contribution in [0.1, 0.15) is 24.5 Å². The topological polar surface area (TPSA) is 85.0 Å². The monoisotopic (exact) mass is 471 g/mol. The minimum Gasteiger partial charge on any atom is -0.492 e.